The van der Waals surface area contributed by atoms with Gasteiger partial charge in [-0.15, -0.1) is 0 Å². The molecule has 1 atom stereocenters. The zero-order valence-corrected chi connectivity index (χ0v) is 20.7. The van der Waals surface area contributed by atoms with E-state index in [4.69, 9.17) is 8.61 Å². The summed E-state index contributed by atoms with van der Waals surface area (Å²) in [6.07, 6.45) is 4.34. The monoisotopic (exact) mass is 446 g/mol. The van der Waals surface area contributed by atoms with E-state index in [1.807, 2.05) is 43.3 Å². The fourth-order valence-corrected chi connectivity index (χ4v) is 4.31. The third-order valence-electron chi connectivity index (χ3n) is 5.68. The smallest absolute Gasteiger partial charge is 0.296 e. The van der Waals surface area contributed by atoms with Crippen LogP contribution in [0.3, 0.4) is 0 Å². The Morgan fingerprint density at radius 2 is 1.60 bits per heavy atom. The minimum Gasteiger partial charge on any atom is -0.549 e. The van der Waals surface area contributed by atoms with Gasteiger partial charge in [-0.2, -0.15) is 8.42 Å². The van der Waals surface area contributed by atoms with Crippen molar-refractivity contribution in [3.8, 4) is 0 Å². The highest BCUT2D eigenvalue weighted by atomic mass is 32.2. The van der Waals surface area contributed by atoms with Gasteiger partial charge in [-0.05, 0) is 55.2 Å². The van der Waals surface area contributed by atoms with Gasteiger partial charge in [0.15, 0.2) is 0 Å². The summed E-state index contributed by atoms with van der Waals surface area (Å²) in [5, 5.41) is 0.116. The summed E-state index contributed by atoms with van der Waals surface area (Å²) >= 11 is 0. The predicted molar refractivity (Wildman–Crippen MR) is 126 cm³/mol. The molecule has 2 aromatic carbocycles. The Labute approximate surface area is 183 Å². The van der Waals surface area contributed by atoms with Crippen LogP contribution >= 0.6 is 0 Å². The molecule has 2 rings (SSSR count). The molecule has 1 unspecified atom stereocenters. The van der Waals surface area contributed by atoms with Gasteiger partial charge in [0.25, 0.3) is 10.1 Å². The van der Waals surface area contributed by atoms with Gasteiger partial charge < -0.3 is 4.43 Å². The Balaban J connectivity index is 2.07. The summed E-state index contributed by atoms with van der Waals surface area (Å²) in [4.78, 5) is 0.182. The van der Waals surface area contributed by atoms with Gasteiger partial charge in [0.1, 0.15) is 0 Å². The van der Waals surface area contributed by atoms with Gasteiger partial charge in [0, 0.05) is 5.92 Å². The van der Waals surface area contributed by atoms with Crippen LogP contribution in [0.2, 0.25) is 18.1 Å². The zero-order valence-electron chi connectivity index (χ0n) is 18.9. The minimum atomic E-state index is -3.77. The molecule has 2 aromatic rings. The van der Waals surface area contributed by atoms with E-state index in [9.17, 15) is 8.42 Å². The van der Waals surface area contributed by atoms with Crippen molar-refractivity contribution in [1.29, 1.82) is 0 Å². The summed E-state index contributed by atoms with van der Waals surface area (Å²) in [6.45, 7) is 13.0. The van der Waals surface area contributed by atoms with Gasteiger partial charge in [-0.1, -0.05) is 68.8 Å². The maximum atomic E-state index is 12.5. The second kappa shape index (κ2) is 9.94. The van der Waals surface area contributed by atoms with Crippen LogP contribution < -0.4 is 0 Å². The number of hydrogen-bond donors (Lipinski definition) is 0. The SMILES string of the molecule is Cc1ccc(S(=O)(=O)OCCC(/C=C\O[Si](C)(C)C(C)(C)C)c2ccccc2)cc1. The first-order valence-corrected chi connectivity index (χ1v) is 14.6. The highest BCUT2D eigenvalue weighted by Gasteiger charge is 2.38. The van der Waals surface area contributed by atoms with Crippen molar-refractivity contribution in [3.63, 3.8) is 0 Å². The van der Waals surface area contributed by atoms with Crippen molar-refractivity contribution in [3.05, 3.63) is 78.1 Å². The molecule has 0 bridgehead atoms. The fourth-order valence-electron chi connectivity index (χ4n) is 2.61. The van der Waals surface area contributed by atoms with Crippen molar-refractivity contribution in [2.24, 2.45) is 0 Å². The van der Waals surface area contributed by atoms with Crippen LogP contribution in [-0.4, -0.2) is 23.3 Å². The molecule has 6 heteroatoms. The topological polar surface area (TPSA) is 52.6 Å². The lowest BCUT2D eigenvalue weighted by Gasteiger charge is -2.35. The summed E-state index contributed by atoms with van der Waals surface area (Å²) < 4.78 is 36.4. The molecule has 0 spiro atoms. The molecule has 0 aliphatic heterocycles. The first kappa shape index (κ1) is 24.4. The van der Waals surface area contributed by atoms with Crippen LogP contribution in [0.15, 0.2) is 71.8 Å². The van der Waals surface area contributed by atoms with Crippen molar-refractivity contribution < 1.29 is 17.0 Å². The van der Waals surface area contributed by atoms with Crippen LogP contribution in [0.4, 0.5) is 0 Å². The highest BCUT2D eigenvalue weighted by molar-refractivity contribution is 7.86. The molecule has 0 aliphatic carbocycles. The summed E-state index contributed by atoms with van der Waals surface area (Å²) in [5.74, 6) is 0.00388. The molecule has 0 radical (unpaired) electrons. The van der Waals surface area contributed by atoms with E-state index in [1.54, 1.807) is 30.5 Å². The Hall–Kier alpha value is -1.89. The first-order valence-electron chi connectivity index (χ1n) is 10.3. The van der Waals surface area contributed by atoms with Gasteiger partial charge >= 0.3 is 0 Å². The number of hydrogen-bond acceptors (Lipinski definition) is 4. The van der Waals surface area contributed by atoms with Crippen molar-refractivity contribution in [2.45, 2.75) is 63.1 Å². The van der Waals surface area contributed by atoms with Crippen molar-refractivity contribution in [2.75, 3.05) is 6.61 Å². The van der Waals surface area contributed by atoms with Crippen LogP contribution in [0.5, 0.6) is 0 Å². The van der Waals surface area contributed by atoms with Gasteiger partial charge in [-0.25, -0.2) is 0 Å². The Morgan fingerprint density at radius 1 is 1.00 bits per heavy atom. The van der Waals surface area contributed by atoms with E-state index >= 15 is 0 Å². The van der Waals surface area contributed by atoms with Crippen LogP contribution in [0, 0.1) is 6.92 Å². The van der Waals surface area contributed by atoms with Crippen LogP contribution in [0.1, 0.15) is 44.2 Å². The molecule has 0 saturated heterocycles. The van der Waals surface area contributed by atoms with E-state index in [0.29, 0.717) is 6.42 Å². The molecule has 0 aromatic heterocycles. The maximum Gasteiger partial charge on any atom is 0.296 e. The number of aryl methyl sites for hydroxylation is 1. The molecular formula is C24H34O4SSi. The lowest BCUT2D eigenvalue weighted by atomic mass is 9.96. The van der Waals surface area contributed by atoms with E-state index in [0.717, 1.165) is 11.1 Å². The third kappa shape index (κ3) is 6.82. The van der Waals surface area contributed by atoms with E-state index in [-0.39, 0.29) is 22.5 Å². The summed E-state index contributed by atoms with van der Waals surface area (Å²) in [7, 11) is -5.66. The second-order valence-corrected chi connectivity index (χ2v) is 15.5. The molecule has 0 aliphatic rings. The molecule has 164 valence electrons. The maximum absolute atomic E-state index is 12.5. The van der Waals surface area contributed by atoms with Crippen LogP contribution in [0.25, 0.3) is 0 Å². The molecule has 30 heavy (non-hydrogen) atoms. The molecule has 0 N–H and O–H groups in total. The lowest BCUT2D eigenvalue weighted by molar-refractivity contribution is 0.306. The molecule has 0 saturated carbocycles. The average molecular weight is 447 g/mol. The van der Waals surface area contributed by atoms with Crippen molar-refractivity contribution in [1.82, 2.24) is 0 Å². The fraction of sp³-hybridized carbons (Fsp3) is 0.417. The predicted octanol–water partition coefficient (Wildman–Crippen LogP) is 6.41. The second-order valence-electron chi connectivity index (χ2n) is 9.10. The number of allylic oxidation sites excluding steroid dienone is 1. The summed E-state index contributed by atoms with van der Waals surface area (Å²) in [6, 6.07) is 16.7. The van der Waals surface area contributed by atoms with Gasteiger partial charge in [0.05, 0.1) is 17.8 Å². The lowest BCUT2D eigenvalue weighted by Crippen LogP contribution is -2.39. The molecular weight excluding hydrogens is 412 g/mol. The number of benzene rings is 2. The largest absolute Gasteiger partial charge is 0.549 e. The summed E-state index contributed by atoms with van der Waals surface area (Å²) in [5.41, 5.74) is 2.11. The molecule has 0 amide bonds. The van der Waals surface area contributed by atoms with Crippen LogP contribution in [-0.2, 0) is 18.7 Å². The number of rotatable bonds is 9. The van der Waals surface area contributed by atoms with Gasteiger partial charge in [0.2, 0.25) is 8.32 Å². The normalized spacial score (nSPS) is 14.1. The quantitative estimate of drug-likeness (QED) is 0.254. The Morgan fingerprint density at radius 3 is 2.17 bits per heavy atom. The molecule has 0 fully saturated rings. The average Bonchev–Trinajstić information content (AvgIpc) is 2.67. The van der Waals surface area contributed by atoms with E-state index < -0.39 is 18.4 Å². The van der Waals surface area contributed by atoms with E-state index in [2.05, 4.69) is 33.9 Å². The zero-order chi connectivity index (χ0) is 22.4. The Kier molecular flexibility index (Phi) is 8.08. The third-order valence-corrected chi connectivity index (χ3v) is 11.3. The molecule has 0 heterocycles. The standard InChI is InChI=1S/C24H34O4SSi/c1-20-12-14-23(15-13-20)29(25,26)27-18-16-22(21-10-8-7-9-11-21)17-19-28-30(5,6)24(2,3)4/h7-15,17,19,22H,16,18H2,1-6H3/b19-17-. The highest BCUT2D eigenvalue weighted by Crippen LogP contribution is 2.37. The molecule has 4 nitrogen and oxygen atoms in total. The van der Waals surface area contributed by atoms with Gasteiger partial charge in [-0.3, -0.25) is 4.18 Å². The Bertz CT molecular complexity index is 927. The first-order chi connectivity index (χ1) is 13.9. The minimum absolute atomic E-state index is 0.00388. The van der Waals surface area contributed by atoms with Crippen molar-refractivity contribution >= 4 is 18.4 Å². The van der Waals surface area contributed by atoms with E-state index in [1.165, 1.54) is 0 Å².